The first-order valence-corrected chi connectivity index (χ1v) is 4.44. The fourth-order valence-corrected chi connectivity index (χ4v) is 0.605. The summed E-state index contributed by atoms with van der Waals surface area (Å²) in [6.45, 7) is 6.75. The van der Waals surface area contributed by atoms with Crippen LogP contribution in [0.2, 0.25) is 0 Å². The molecule has 0 aromatic carbocycles. The van der Waals surface area contributed by atoms with Gasteiger partial charge >= 0.3 is 12.1 Å². The Morgan fingerprint density at radius 1 is 1.40 bits per heavy atom. The van der Waals surface area contributed by atoms with Crippen LogP contribution >= 0.6 is 0 Å². The molecule has 0 saturated heterocycles. The molecular weight excluding hydrogens is 200 g/mol. The Morgan fingerprint density at radius 2 is 2.07 bits per heavy atom. The van der Waals surface area contributed by atoms with Gasteiger partial charge in [-0.05, 0) is 12.5 Å². The largest absolute Gasteiger partial charge is 0.513 e. The lowest BCUT2D eigenvalue weighted by atomic mass is 10.5. The maximum absolute atomic E-state index is 10.8. The quantitative estimate of drug-likeness (QED) is 0.398. The zero-order chi connectivity index (χ0) is 11.7. The lowest BCUT2D eigenvalue weighted by Gasteiger charge is -2.03. The third-order valence-corrected chi connectivity index (χ3v) is 1.16. The van der Waals surface area contributed by atoms with Crippen LogP contribution in [0.15, 0.2) is 24.7 Å². The van der Waals surface area contributed by atoms with Crippen LogP contribution in [-0.2, 0) is 19.0 Å². The van der Waals surface area contributed by atoms with E-state index in [1.807, 2.05) is 6.92 Å². The summed E-state index contributed by atoms with van der Waals surface area (Å²) < 4.78 is 13.8. The third kappa shape index (κ3) is 7.30. The minimum Gasteiger partial charge on any atom is -0.434 e. The van der Waals surface area contributed by atoms with Crippen LogP contribution < -0.4 is 0 Å². The smallest absolute Gasteiger partial charge is 0.434 e. The highest BCUT2D eigenvalue weighted by Crippen LogP contribution is 2.00. The molecule has 15 heavy (non-hydrogen) atoms. The van der Waals surface area contributed by atoms with Crippen LogP contribution in [0.5, 0.6) is 0 Å². The summed E-state index contributed by atoms with van der Waals surface area (Å²) in [5, 5.41) is 0. The van der Waals surface area contributed by atoms with E-state index in [4.69, 9.17) is 0 Å². The van der Waals surface area contributed by atoms with Crippen LogP contribution in [0.4, 0.5) is 4.79 Å². The summed E-state index contributed by atoms with van der Waals surface area (Å²) in [5.74, 6) is -0.470. The molecule has 0 amide bonds. The van der Waals surface area contributed by atoms with E-state index in [9.17, 15) is 9.59 Å². The molecule has 0 radical (unpaired) electrons. The predicted molar refractivity (Wildman–Crippen MR) is 52.8 cm³/mol. The summed E-state index contributed by atoms with van der Waals surface area (Å²) in [7, 11) is 0. The van der Waals surface area contributed by atoms with Gasteiger partial charge in [-0.2, -0.15) is 0 Å². The van der Waals surface area contributed by atoms with E-state index in [0.717, 1.165) is 6.26 Å². The van der Waals surface area contributed by atoms with Gasteiger partial charge in [-0.1, -0.05) is 13.5 Å². The SMILES string of the molecule is C=C/C(=C\OC(=O)OCCC)OC(C)=O. The fraction of sp³-hybridized carbons (Fsp3) is 0.400. The highest BCUT2D eigenvalue weighted by Gasteiger charge is 2.03. The van der Waals surface area contributed by atoms with Crippen molar-refractivity contribution in [3.63, 3.8) is 0 Å². The molecule has 0 aliphatic rings. The second-order valence-corrected chi connectivity index (χ2v) is 2.53. The van der Waals surface area contributed by atoms with E-state index < -0.39 is 12.1 Å². The third-order valence-electron chi connectivity index (χ3n) is 1.16. The standard InChI is InChI=1S/C10H14O5/c1-4-6-13-10(12)14-7-9(5-2)15-8(3)11/h5,7H,2,4,6H2,1,3H3/b9-7+. The van der Waals surface area contributed by atoms with Crippen molar-refractivity contribution < 1.29 is 23.8 Å². The normalized spacial score (nSPS) is 10.4. The van der Waals surface area contributed by atoms with Gasteiger partial charge in [-0.15, -0.1) is 0 Å². The Bertz CT molecular complexity index is 267. The van der Waals surface area contributed by atoms with Crippen LogP contribution in [0.3, 0.4) is 0 Å². The van der Waals surface area contributed by atoms with Gasteiger partial charge in [-0.3, -0.25) is 4.79 Å². The second-order valence-electron chi connectivity index (χ2n) is 2.53. The Balaban J connectivity index is 4.04. The molecule has 0 N–H and O–H groups in total. The van der Waals surface area contributed by atoms with Gasteiger partial charge in [0, 0.05) is 6.92 Å². The van der Waals surface area contributed by atoms with Crippen molar-refractivity contribution in [2.75, 3.05) is 6.61 Å². The zero-order valence-corrected chi connectivity index (χ0v) is 8.82. The number of hydrogen-bond donors (Lipinski definition) is 0. The molecule has 0 saturated carbocycles. The van der Waals surface area contributed by atoms with E-state index in [2.05, 4.69) is 20.8 Å². The van der Waals surface area contributed by atoms with E-state index in [-0.39, 0.29) is 12.4 Å². The Hall–Kier alpha value is -1.78. The van der Waals surface area contributed by atoms with Crippen molar-refractivity contribution in [3.05, 3.63) is 24.7 Å². The first-order chi connectivity index (χ1) is 7.10. The highest BCUT2D eigenvalue weighted by atomic mass is 16.7. The van der Waals surface area contributed by atoms with Gasteiger partial charge in [0.2, 0.25) is 0 Å². The van der Waals surface area contributed by atoms with Crippen molar-refractivity contribution >= 4 is 12.1 Å². The van der Waals surface area contributed by atoms with Gasteiger partial charge in [0.15, 0.2) is 5.76 Å². The molecule has 84 valence electrons. The molecule has 0 aliphatic heterocycles. The number of rotatable bonds is 5. The summed E-state index contributed by atoms with van der Waals surface area (Å²) in [6.07, 6.45) is 2.07. The minimum atomic E-state index is -0.844. The molecule has 0 spiro atoms. The monoisotopic (exact) mass is 214 g/mol. The number of esters is 1. The molecule has 0 atom stereocenters. The molecule has 0 aliphatic carbocycles. The van der Waals surface area contributed by atoms with Gasteiger partial charge in [-0.25, -0.2) is 4.79 Å². The van der Waals surface area contributed by atoms with Crippen LogP contribution in [0.25, 0.3) is 0 Å². The first kappa shape index (κ1) is 13.2. The fourth-order valence-electron chi connectivity index (χ4n) is 0.605. The minimum absolute atomic E-state index is 0.0518. The Kier molecular flexibility index (Phi) is 6.70. The summed E-state index contributed by atoms with van der Waals surface area (Å²) in [5.41, 5.74) is 0. The van der Waals surface area contributed by atoms with Gasteiger partial charge in [0.1, 0.15) is 6.26 Å². The zero-order valence-electron chi connectivity index (χ0n) is 8.82. The van der Waals surface area contributed by atoms with Crippen molar-refractivity contribution in [3.8, 4) is 0 Å². The molecule has 0 aromatic heterocycles. The van der Waals surface area contributed by atoms with Gasteiger partial charge < -0.3 is 14.2 Å². The average Bonchev–Trinajstić information content (AvgIpc) is 2.20. The number of allylic oxidation sites excluding steroid dienone is 1. The summed E-state index contributed by atoms with van der Waals surface area (Å²) in [4.78, 5) is 21.4. The first-order valence-electron chi connectivity index (χ1n) is 4.44. The maximum Gasteiger partial charge on any atom is 0.513 e. The maximum atomic E-state index is 10.8. The van der Waals surface area contributed by atoms with Crippen molar-refractivity contribution in [1.29, 1.82) is 0 Å². The van der Waals surface area contributed by atoms with Crippen molar-refractivity contribution in [1.82, 2.24) is 0 Å². The number of carbonyl (C=O) groups is 2. The summed E-state index contributed by atoms with van der Waals surface area (Å²) >= 11 is 0. The van der Waals surface area contributed by atoms with Crippen LogP contribution in [0.1, 0.15) is 20.3 Å². The molecule has 0 rings (SSSR count). The van der Waals surface area contributed by atoms with Crippen LogP contribution in [-0.4, -0.2) is 18.7 Å². The van der Waals surface area contributed by atoms with Crippen LogP contribution in [0, 0.1) is 0 Å². The molecule has 0 heterocycles. The number of ether oxygens (including phenoxy) is 3. The lowest BCUT2D eigenvalue weighted by Crippen LogP contribution is -2.05. The molecule has 0 aromatic rings. The van der Waals surface area contributed by atoms with Crippen molar-refractivity contribution in [2.24, 2.45) is 0 Å². The molecule has 5 heteroatoms. The highest BCUT2D eigenvalue weighted by molar-refractivity contribution is 5.67. The second kappa shape index (κ2) is 7.61. The lowest BCUT2D eigenvalue weighted by molar-refractivity contribution is -0.136. The van der Waals surface area contributed by atoms with E-state index >= 15 is 0 Å². The van der Waals surface area contributed by atoms with Gasteiger partial charge in [0.05, 0.1) is 6.61 Å². The Morgan fingerprint density at radius 3 is 2.53 bits per heavy atom. The van der Waals surface area contributed by atoms with E-state index in [1.165, 1.54) is 13.0 Å². The molecule has 0 bridgehead atoms. The van der Waals surface area contributed by atoms with Crippen molar-refractivity contribution in [2.45, 2.75) is 20.3 Å². The van der Waals surface area contributed by atoms with E-state index in [1.54, 1.807) is 0 Å². The van der Waals surface area contributed by atoms with E-state index in [0.29, 0.717) is 6.42 Å². The number of carbonyl (C=O) groups excluding carboxylic acids is 2. The predicted octanol–water partition coefficient (Wildman–Crippen LogP) is 2.14. The molecule has 0 fully saturated rings. The molecule has 0 unspecified atom stereocenters. The molecule has 5 nitrogen and oxygen atoms in total. The number of hydrogen-bond acceptors (Lipinski definition) is 5. The molecular formula is C10H14O5. The Labute approximate surface area is 88.3 Å². The van der Waals surface area contributed by atoms with Gasteiger partial charge in [0.25, 0.3) is 0 Å². The average molecular weight is 214 g/mol. The summed E-state index contributed by atoms with van der Waals surface area (Å²) in [6, 6.07) is 0. The topological polar surface area (TPSA) is 61.8 Å².